The van der Waals surface area contributed by atoms with E-state index in [0.717, 1.165) is 12.0 Å². The molecule has 0 saturated carbocycles. The van der Waals surface area contributed by atoms with Crippen molar-refractivity contribution in [3.8, 4) is 0 Å². The maximum absolute atomic E-state index is 6.40. The van der Waals surface area contributed by atoms with E-state index in [2.05, 4.69) is 6.07 Å². The van der Waals surface area contributed by atoms with Crippen LogP contribution in [0, 0.1) is 0 Å². The van der Waals surface area contributed by atoms with Gasteiger partial charge in [0.1, 0.15) is 0 Å². The second-order valence-electron chi connectivity index (χ2n) is 5.72. The number of benzene rings is 1. The zero-order valence-electron chi connectivity index (χ0n) is 11.9. The lowest BCUT2D eigenvalue weighted by atomic mass is 10.0. The number of fused-ring (bicyclic) bond motifs is 1. The first-order chi connectivity index (χ1) is 10.1. The number of hydrogen-bond donors (Lipinski definition) is 1. The molecule has 1 aromatic carbocycles. The maximum atomic E-state index is 6.40. The lowest BCUT2D eigenvalue weighted by molar-refractivity contribution is 0.709. The fourth-order valence-corrected chi connectivity index (χ4v) is 4.47. The summed E-state index contributed by atoms with van der Waals surface area (Å²) in [7, 11) is 0. The van der Waals surface area contributed by atoms with E-state index in [0.29, 0.717) is 10.0 Å². The van der Waals surface area contributed by atoms with Crippen molar-refractivity contribution in [1.82, 2.24) is 0 Å². The molecule has 1 nitrogen and oxygen atoms in total. The number of rotatable bonds is 3. The third kappa shape index (κ3) is 3.62. The molecule has 0 radical (unpaired) electrons. The van der Waals surface area contributed by atoms with Gasteiger partial charge < -0.3 is 5.73 Å². The second kappa shape index (κ2) is 6.70. The van der Waals surface area contributed by atoms with Gasteiger partial charge in [-0.1, -0.05) is 35.7 Å². The average Bonchev–Trinajstić information content (AvgIpc) is 2.74. The van der Waals surface area contributed by atoms with Crippen LogP contribution in [0.15, 0.2) is 24.3 Å². The quantitative estimate of drug-likeness (QED) is 0.727. The van der Waals surface area contributed by atoms with Crippen LogP contribution in [0.25, 0.3) is 0 Å². The third-order valence-corrected chi connectivity index (χ3v) is 6.18. The van der Waals surface area contributed by atoms with Gasteiger partial charge in [0.2, 0.25) is 0 Å². The predicted molar refractivity (Wildman–Crippen MR) is 92.7 cm³/mol. The van der Waals surface area contributed by atoms with Gasteiger partial charge in [0, 0.05) is 15.8 Å². The minimum atomic E-state index is 0.0409. The topological polar surface area (TPSA) is 26.0 Å². The van der Waals surface area contributed by atoms with Crippen molar-refractivity contribution in [2.24, 2.45) is 5.73 Å². The van der Waals surface area contributed by atoms with Gasteiger partial charge in [0.15, 0.2) is 0 Å². The SMILES string of the molecule is NC(Cc1ccc(Cl)c(Cl)c1)c1cc2c(s1)CCCCC2. The molecule has 1 heterocycles. The van der Waals surface area contributed by atoms with Crippen molar-refractivity contribution in [2.75, 3.05) is 0 Å². The van der Waals surface area contributed by atoms with Gasteiger partial charge in [-0.05, 0) is 61.4 Å². The summed E-state index contributed by atoms with van der Waals surface area (Å²) in [5.41, 5.74) is 9.07. The molecule has 112 valence electrons. The molecule has 4 heteroatoms. The largest absolute Gasteiger partial charge is 0.323 e. The minimum absolute atomic E-state index is 0.0409. The standard InChI is InChI=1S/C17H19Cl2NS/c18-13-7-6-11(8-14(13)19)9-15(20)17-10-12-4-2-1-3-5-16(12)21-17/h6-8,10,15H,1-5,9,20H2. The molecule has 2 N–H and O–H groups in total. The highest BCUT2D eigenvalue weighted by atomic mass is 35.5. The van der Waals surface area contributed by atoms with Crippen LogP contribution in [0.3, 0.4) is 0 Å². The van der Waals surface area contributed by atoms with Crippen LogP contribution in [0.1, 0.15) is 46.2 Å². The number of nitrogens with two attached hydrogens (primary N) is 1. The molecule has 2 aromatic rings. The molecular weight excluding hydrogens is 321 g/mol. The highest BCUT2D eigenvalue weighted by Gasteiger charge is 2.16. The number of thiophene rings is 1. The van der Waals surface area contributed by atoms with Crippen LogP contribution in [0.2, 0.25) is 10.0 Å². The minimum Gasteiger partial charge on any atom is -0.323 e. The fourth-order valence-electron chi connectivity index (χ4n) is 2.89. The summed E-state index contributed by atoms with van der Waals surface area (Å²) in [6.45, 7) is 0. The van der Waals surface area contributed by atoms with Crippen molar-refractivity contribution in [1.29, 1.82) is 0 Å². The molecule has 0 spiro atoms. The van der Waals surface area contributed by atoms with Gasteiger partial charge in [0.25, 0.3) is 0 Å². The number of halogens is 2. The van der Waals surface area contributed by atoms with E-state index in [1.807, 2.05) is 29.5 Å². The normalized spacial score (nSPS) is 16.3. The Morgan fingerprint density at radius 3 is 2.67 bits per heavy atom. The summed E-state index contributed by atoms with van der Waals surface area (Å²) in [6, 6.07) is 8.14. The van der Waals surface area contributed by atoms with E-state index in [9.17, 15) is 0 Å². The highest BCUT2D eigenvalue weighted by molar-refractivity contribution is 7.12. The molecular formula is C17H19Cl2NS. The summed E-state index contributed by atoms with van der Waals surface area (Å²) in [6.07, 6.45) is 7.22. The van der Waals surface area contributed by atoms with Gasteiger partial charge in [-0.25, -0.2) is 0 Å². The Balaban J connectivity index is 1.75. The Morgan fingerprint density at radius 2 is 1.86 bits per heavy atom. The van der Waals surface area contributed by atoms with E-state index in [1.54, 1.807) is 4.88 Å². The van der Waals surface area contributed by atoms with Crippen LogP contribution < -0.4 is 5.73 Å². The van der Waals surface area contributed by atoms with E-state index >= 15 is 0 Å². The Bertz CT molecular complexity index is 612. The van der Waals surface area contributed by atoms with Crippen molar-refractivity contribution < 1.29 is 0 Å². The fraction of sp³-hybridized carbons (Fsp3) is 0.412. The lowest BCUT2D eigenvalue weighted by Crippen LogP contribution is -2.11. The Kier molecular flexibility index (Phi) is 4.90. The zero-order valence-corrected chi connectivity index (χ0v) is 14.2. The van der Waals surface area contributed by atoms with Crippen molar-refractivity contribution in [2.45, 2.75) is 44.6 Å². The van der Waals surface area contributed by atoms with Crippen molar-refractivity contribution in [3.05, 3.63) is 55.2 Å². The molecule has 3 rings (SSSR count). The van der Waals surface area contributed by atoms with E-state index in [-0.39, 0.29) is 6.04 Å². The molecule has 1 unspecified atom stereocenters. The van der Waals surface area contributed by atoms with E-state index in [1.165, 1.54) is 42.5 Å². The Morgan fingerprint density at radius 1 is 1.05 bits per heavy atom. The van der Waals surface area contributed by atoms with Gasteiger partial charge in [-0.3, -0.25) is 0 Å². The molecule has 0 fully saturated rings. The summed E-state index contributed by atoms with van der Waals surface area (Å²) < 4.78 is 0. The van der Waals surface area contributed by atoms with Gasteiger partial charge in [-0.2, -0.15) is 0 Å². The van der Waals surface area contributed by atoms with Crippen LogP contribution >= 0.6 is 34.5 Å². The van der Waals surface area contributed by atoms with Crippen molar-refractivity contribution in [3.63, 3.8) is 0 Å². The molecule has 0 aliphatic heterocycles. The smallest absolute Gasteiger partial charge is 0.0595 e. The van der Waals surface area contributed by atoms with Crippen LogP contribution in [0.5, 0.6) is 0 Å². The second-order valence-corrected chi connectivity index (χ2v) is 7.70. The maximum Gasteiger partial charge on any atom is 0.0595 e. The predicted octanol–water partition coefficient (Wildman–Crippen LogP) is 5.57. The summed E-state index contributed by atoms with van der Waals surface area (Å²) in [5, 5.41) is 1.19. The molecule has 1 aliphatic carbocycles. The van der Waals surface area contributed by atoms with Crippen LogP contribution in [0.4, 0.5) is 0 Å². The summed E-state index contributed by atoms with van der Waals surface area (Å²) >= 11 is 13.9. The van der Waals surface area contributed by atoms with Crippen LogP contribution in [-0.2, 0) is 19.3 Å². The lowest BCUT2D eigenvalue weighted by Gasteiger charge is -2.10. The molecule has 21 heavy (non-hydrogen) atoms. The molecule has 1 atom stereocenters. The van der Waals surface area contributed by atoms with Gasteiger partial charge in [0.05, 0.1) is 10.0 Å². The number of aryl methyl sites for hydroxylation is 2. The molecule has 0 saturated heterocycles. The number of hydrogen-bond acceptors (Lipinski definition) is 2. The highest BCUT2D eigenvalue weighted by Crippen LogP contribution is 2.33. The zero-order chi connectivity index (χ0) is 14.8. The van der Waals surface area contributed by atoms with Crippen LogP contribution in [-0.4, -0.2) is 0 Å². The molecule has 1 aliphatic rings. The van der Waals surface area contributed by atoms with E-state index in [4.69, 9.17) is 28.9 Å². The van der Waals surface area contributed by atoms with Crippen molar-refractivity contribution >= 4 is 34.5 Å². The summed E-state index contributed by atoms with van der Waals surface area (Å²) in [4.78, 5) is 2.85. The Hall–Kier alpha value is -0.540. The average molecular weight is 340 g/mol. The monoisotopic (exact) mass is 339 g/mol. The molecule has 0 bridgehead atoms. The first-order valence-electron chi connectivity index (χ1n) is 7.44. The molecule has 0 amide bonds. The molecule has 1 aromatic heterocycles. The first-order valence-corrected chi connectivity index (χ1v) is 9.01. The van der Waals surface area contributed by atoms with Gasteiger partial charge in [-0.15, -0.1) is 11.3 Å². The Labute approximate surface area is 140 Å². The summed E-state index contributed by atoms with van der Waals surface area (Å²) in [5.74, 6) is 0. The third-order valence-electron chi connectivity index (χ3n) is 4.07. The first kappa shape index (κ1) is 15.4. The van der Waals surface area contributed by atoms with E-state index < -0.39 is 0 Å². The van der Waals surface area contributed by atoms with Gasteiger partial charge >= 0.3 is 0 Å².